The van der Waals surface area contributed by atoms with Crippen molar-refractivity contribution in [3.63, 3.8) is 0 Å². The third kappa shape index (κ3) is 2.09. The van der Waals surface area contributed by atoms with E-state index >= 15 is 0 Å². The Hall–Kier alpha value is -2.28. The normalized spacial score (nSPS) is 18.5. The van der Waals surface area contributed by atoms with E-state index in [0.29, 0.717) is 55.3 Å². The third-order valence-electron chi connectivity index (χ3n) is 4.27. The van der Waals surface area contributed by atoms with Crippen molar-refractivity contribution in [2.24, 2.45) is 0 Å². The lowest BCUT2D eigenvalue weighted by molar-refractivity contribution is 0.0972. The molecule has 0 spiro atoms. The van der Waals surface area contributed by atoms with Gasteiger partial charge in [0.2, 0.25) is 5.95 Å². The summed E-state index contributed by atoms with van der Waals surface area (Å²) in [7, 11) is 0. The molecule has 0 bridgehead atoms. The number of ketones is 1. The first-order valence-electron chi connectivity index (χ1n) is 7.52. The van der Waals surface area contributed by atoms with E-state index in [9.17, 15) is 9.59 Å². The fraction of sp³-hybridized carbons (Fsp3) is 0.467. The smallest absolute Gasteiger partial charge is 0.262 e. The van der Waals surface area contributed by atoms with Crippen LogP contribution in [0.3, 0.4) is 0 Å². The molecule has 1 aliphatic heterocycles. The van der Waals surface area contributed by atoms with Crippen molar-refractivity contribution in [3.05, 3.63) is 27.7 Å². The largest absolute Gasteiger partial charge is 0.378 e. The third-order valence-corrected chi connectivity index (χ3v) is 4.27. The van der Waals surface area contributed by atoms with Gasteiger partial charge in [-0.3, -0.25) is 14.6 Å². The van der Waals surface area contributed by atoms with Crippen molar-refractivity contribution in [2.75, 3.05) is 31.2 Å². The molecule has 7 heteroatoms. The molecule has 1 fully saturated rings. The number of morpholine rings is 1. The van der Waals surface area contributed by atoms with Gasteiger partial charge in [-0.1, -0.05) is 0 Å². The molecule has 7 nitrogen and oxygen atoms in total. The predicted octanol–water partition coefficient (Wildman–Crippen LogP) is 0.674. The average molecular weight is 300 g/mol. The SMILES string of the molecule is O=C1CCCc2c1cnc1nc(N3CCOCC3)[nH]c(=O)c21. The summed E-state index contributed by atoms with van der Waals surface area (Å²) in [5.74, 6) is 0.586. The van der Waals surface area contributed by atoms with Gasteiger partial charge in [0, 0.05) is 31.3 Å². The first-order chi connectivity index (χ1) is 10.7. The minimum atomic E-state index is -0.217. The Morgan fingerprint density at radius 3 is 2.82 bits per heavy atom. The predicted molar refractivity (Wildman–Crippen MR) is 80.5 cm³/mol. The number of aromatic nitrogens is 3. The second kappa shape index (κ2) is 5.17. The number of carbonyl (C=O) groups excluding carboxylic acids is 1. The van der Waals surface area contributed by atoms with E-state index in [1.165, 1.54) is 0 Å². The molecule has 1 saturated heterocycles. The number of nitrogens with one attached hydrogen (secondary N) is 1. The van der Waals surface area contributed by atoms with Gasteiger partial charge in [0.1, 0.15) is 0 Å². The van der Waals surface area contributed by atoms with E-state index in [0.717, 1.165) is 18.4 Å². The second-order valence-corrected chi connectivity index (χ2v) is 5.61. The number of Topliss-reactive ketones (excluding diaryl/α,β-unsaturated/α-hetero) is 1. The Balaban J connectivity index is 1.88. The Kier molecular flexibility index (Phi) is 3.15. The van der Waals surface area contributed by atoms with E-state index < -0.39 is 0 Å². The van der Waals surface area contributed by atoms with Crippen molar-refractivity contribution in [2.45, 2.75) is 19.3 Å². The van der Waals surface area contributed by atoms with Gasteiger partial charge >= 0.3 is 0 Å². The van der Waals surface area contributed by atoms with E-state index in [2.05, 4.69) is 15.0 Å². The molecule has 2 aliphatic rings. The maximum atomic E-state index is 12.5. The molecule has 0 unspecified atom stereocenters. The molecule has 1 aliphatic carbocycles. The molecule has 22 heavy (non-hydrogen) atoms. The zero-order chi connectivity index (χ0) is 15.1. The van der Waals surface area contributed by atoms with E-state index in [4.69, 9.17) is 4.74 Å². The molecule has 0 aromatic carbocycles. The van der Waals surface area contributed by atoms with E-state index in [-0.39, 0.29) is 11.3 Å². The average Bonchev–Trinajstić information content (AvgIpc) is 2.55. The van der Waals surface area contributed by atoms with Crippen LogP contribution >= 0.6 is 0 Å². The second-order valence-electron chi connectivity index (χ2n) is 5.61. The van der Waals surface area contributed by atoms with Gasteiger partial charge in [0.25, 0.3) is 5.56 Å². The lowest BCUT2D eigenvalue weighted by Gasteiger charge is -2.27. The zero-order valence-corrected chi connectivity index (χ0v) is 12.1. The molecule has 3 heterocycles. The number of aryl methyl sites for hydroxylation is 1. The van der Waals surface area contributed by atoms with Gasteiger partial charge in [0.05, 0.1) is 18.6 Å². The highest BCUT2D eigenvalue weighted by Gasteiger charge is 2.23. The van der Waals surface area contributed by atoms with Gasteiger partial charge < -0.3 is 9.64 Å². The van der Waals surface area contributed by atoms with Crippen LogP contribution in [0.2, 0.25) is 0 Å². The Bertz CT molecular complexity index is 808. The molecule has 114 valence electrons. The quantitative estimate of drug-likeness (QED) is 0.833. The lowest BCUT2D eigenvalue weighted by Crippen LogP contribution is -2.38. The molecule has 0 amide bonds. The summed E-state index contributed by atoms with van der Waals surface area (Å²) < 4.78 is 5.31. The number of rotatable bonds is 1. The topological polar surface area (TPSA) is 88.2 Å². The molecule has 2 aromatic rings. The van der Waals surface area contributed by atoms with E-state index in [1.807, 2.05) is 4.90 Å². The number of ether oxygens (including phenoxy) is 1. The van der Waals surface area contributed by atoms with Crippen LogP contribution in [0.1, 0.15) is 28.8 Å². The highest BCUT2D eigenvalue weighted by atomic mass is 16.5. The molecule has 4 rings (SSSR count). The highest BCUT2D eigenvalue weighted by Crippen LogP contribution is 2.25. The van der Waals surface area contributed by atoms with Crippen molar-refractivity contribution in [1.82, 2.24) is 15.0 Å². The summed E-state index contributed by atoms with van der Waals surface area (Å²) in [6.07, 6.45) is 3.59. The first-order valence-corrected chi connectivity index (χ1v) is 7.52. The lowest BCUT2D eigenvalue weighted by atomic mass is 9.90. The van der Waals surface area contributed by atoms with Crippen molar-refractivity contribution in [3.8, 4) is 0 Å². The molecule has 2 aromatic heterocycles. The number of H-pyrrole nitrogens is 1. The van der Waals surface area contributed by atoms with Gasteiger partial charge in [-0.15, -0.1) is 0 Å². The van der Waals surface area contributed by atoms with Crippen molar-refractivity contribution in [1.29, 1.82) is 0 Å². The van der Waals surface area contributed by atoms with Crippen LogP contribution in [-0.2, 0) is 11.2 Å². The van der Waals surface area contributed by atoms with Crippen LogP contribution in [0.25, 0.3) is 11.0 Å². The summed E-state index contributed by atoms with van der Waals surface area (Å²) in [6.45, 7) is 2.62. The highest BCUT2D eigenvalue weighted by molar-refractivity contribution is 6.01. The number of hydrogen-bond donors (Lipinski definition) is 1. The van der Waals surface area contributed by atoms with Crippen LogP contribution in [0, 0.1) is 0 Å². The van der Waals surface area contributed by atoms with Gasteiger partial charge in [-0.05, 0) is 18.4 Å². The summed E-state index contributed by atoms with van der Waals surface area (Å²) in [4.78, 5) is 38.0. The minimum Gasteiger partial charge on any atom is -0.378 e. The Morgan fingerprint density at radius 2 is 2.00 bits per heavy atom. The molecule has 0 saturated carbocycles. The number of carbonyl (C=O) groups is 1. The maximum absolute atomic E-state index is 12.5. The van der Waals surface area contributed by atoms with Crippen LogP contribution in [0.15, 0.2) is 11.0 Å². The summed E-state index contributed by atoms with van der Waals surface area (Å²) in [5.41, 5.74) is 1.57. The van der Waals surface area contributed by atoms with Crippen molar-refractivity contribution >= 4 is 22.8 Å². The Morgan fingerprint density at radius 1 is 1.18 bits per heavy atom. The molecule has 1 N–H and O–H groups in total. The molecule has 0 radical (unpaired) electrons. The number of anilines is 1. The molecular formula is C15H16N4O3. The summed E-state index contributed by atoms with van der Waals surface area (Å²) >= 11 is 0. The first kappa shape index (κ1) is 13.4. The Labute approximate surface area is 126 Å². The van der Waals surface area contributed by atoms with Gasteiger partial charge in [-0.2, -0.15) is 4.98 Å². The zero-order valence-electron chi connectivity index (χ0n) is 12.1. The van der Waals surface area contributed by atoms with E-state index in [1.54, 1.807) is 6.20 Å². The fourth-order valence-electron chi connectivity index (χ4n) is 3.14. The van der Waals surface area contributed by atoms with Gasteiger partial charge in [-0.25, -0.2) is 4.98 Å². The number of pyridine rings is 1. The number of aromatic amines is 1. The number of nitrogens with zero attached hydrogens (tertiary/aromatic N) is 3. The van der Waals surface area contributed by atoms with Crippen molar-refractivity contribution < 1.29 is 9.53 Å². The summed E-state index contributed by atoms with van der Waals surface area (Å²) in [5, 5.41) is 0.461. The molecular weight excluding hydrogens is 284 g/mol. The standard InChI is InChI=1S/C15H16N4O3/c20-11-3-1-2-9-10(11)8-16-13-12(9)14(21)18-15(17-13)19-4-6-22-7-5-19/h8H,1-7H2,(H,16,17,18,21). The van der Waals surface area contributed by atoms with Gasteiger partial charge in [0.15, 0.2) is 11.4 Å². The maximum Gasteiger partial charge on any atom is 0.262 e. The fourth-order valence-corrected chi connectivity index (χ4v) is 3.14. The summed E-state index contributed by atoms with van der Waals surface area (Å²) in [6, 6.07) is 0. The molecule has 0 atom stereocenters. The number of fused-ring (bicyclic) bond motifs is 3. The van der Waals surface area contributed by atoms with Crippen LogP contribution in [0.5, 0.6) is 0 Å². The minimum absolute atomic E-state index is 0.0623. The monoisotopic (exact) mass is 300 g/mol. The van der Waals surface area contributed by atoms with Crippen LogP contribution < -0.4 is 10.5 Å². The van der Waals surface area contributed by atoms with Crippen LogP contribution in [0.4, 0.5) is 5.95 Å². The number of hydrogen-bond acceptors (Lipinski definition) is 6. The van der Waals surface area contributed by atoms with Crippen LogP contribution in [-0.4, -0.2) is 47.0 Å².